The van der Waals surface area contributed by atoms with Crippen LogP contribution in [-0.4, -0.2) is 62.8 Å². The Bertz CT molecular complexity index is 223. The Labute approximate surface area is 97.5 Å². The highest BCUT2D eigenvalue weighted by atomic mass is 16.5. The summed E-state index contributed by atoms with van der Waals surface area (Å²) in [6.07, 6.45) is 0. The van der Waals surface area contributed by atoms with E-state index in [1.807, 2.05) is 6.92 Å². The van der Waals surface area contributed by atoms with Crippen molar-refractivity contribution >= 4 is 5.91 Å². The van der Waals surface area contributed by atoms with Crippen LogP contribution in [0.15, 0.2) is 0 Å². The Morgan fingerprint density at radius 3 is 3.06 bits per heavy atom. The van der Waals surface area contributed by atoms with Crippen molar-refractivity contribution in [3.05, 3.63) is 0 Å². The minimum atomic E-state index is -0.0748. The fourth-order valence-corrected chi connectivity index (χ4v) is 2.04. The van der Waals surface area contributed by atoms with Crippen molar-refractivity contribution in [3.63, 3.8) is 0 Å². The summed E-state index contributed by atoms with van der Waals surface area (Å²) >= 11 is 0. The van der Waals surface area contributed by atoms with Crippen LogP contribution in [0.4, 0.5) is 0 Å². The van der Waals surface area contributed by atoms with Crippen LogP contribution in [0.5, 0.6) is 0 Å². The highest BCUT2D eigenvalue weighted by Gasteiger charge is 2.30. The molecule has 16 heavy (non-hydrogen) atoms. The molecular formula is C11H23N3O2. The molecule has 5 nitrogen and oxygen atoms in total. The van der Waals surface area contributed by atoms with Crippen LogP contribution in [0.1, 0.15) is 13.8 Å². The fraction of sp³-hybridized carbons (Fsp3) is 0.909. The number of rotatable bonds is 5. The number of nitrogens with zero attached hydrogens (tertiary/aromatic N) is 1. The molecule has 1 rings (SSSR count). The van der Waals surface area contributed by atoms with Crippen LogP contribution in [0.3, 0.4) is 0 Å². The van der Waals surface area contributed by atoms with E-state index >= 15 is 0 Å². The number of nitrogens with one attached hydrogen (secondary N) is 2. The van der Waals surface area contributed by atoms with Gasteiger partial charge in [-0.2, -0.15) is 0 Å². The average molecular weight is 229 g/mol. The molecule has 1 heterocycles. The molecule has 1 aliphatic rings. The van der Waals surface area contributed by atoms with E-state index in [9.17, 15) is 4.79 Å². The second-order valence-electron chi connectivity index (χ2n) is 4.08. The van der Waals surface area contributed by atoms with Crippen molar-refractivity contribution in [2.75, 3.05) is 39.9 Å². The zero-order valence-electron chi connectivity index (χ0n) is 10.5. The van der Waals surface area contributed by atoms with Crippen molar-refractivity contribution in [2.45, 2.75) is 25.9 Å². The summed E-state index contributed by atoms with van der Waals surface area (Å²) in [4.78, 5) is 13.9. The van der Waals surface area contributed by atoms with Gasteiger partial charge in [0.2, 0.25) is 5.91 Å². The summed E-state index contributed by atoms with van der Waals surface area (Å²) in [5, 5.41) is 5.96. The molecule has 0 saturated carbocycles. The normalized spacial score (nSPS) is 24.1. The van der Waals surface area contributed by atoms with Gasteiger partial charge in [-0.25, -0.2) is 0 Å². The Morgan fingerprint density at radius 2 is 2.44 bits per heavy atom. The van der Waals surface area contributed by atoms with E-state index in [4.69, 9.17) is 4.74 Å². The zero-order chi connectivity index (χ0) is 12.0. The topological polar surface area (TPSA) is 53.6 Å². The number of carbonyl (C=O) groups excluding carboxylic acids is 1. The Kier molecular flexibility index (Phi) is 5.73. The predicted octanol–water partition coefficient (Wildman–Crippen LogP) is -0.569. The van der Waals surface area contributed by atoms with E-state index < -0.39 is 0 Å². The largest absolute Gasteiger partial charge is 0.380 e. The third-order valence-electron chi connectivity index (χ3n) is 2.96. The first-order chi connectivity index (χ1) is 7.70. The van der Waals surface area contributed by atoms with Crippen molar-refractivity contribution in [1.82, 2.24) is 15.5 Å². The van der Waals surface area contributed by atoms with Gasteiger partial charge in [-0.1, -0.05) is 0 Å². The molecule has 0 aliphatic carbocycles. The van der Waals surface area contributed by atoms with Gasteiger partial charge in [-0.3, -0.25) is 9.69 Å². The zero-order valence-corrected chi connectivity index (χ0v) is 10.5. The second kappa shape index (κ2) is 6.83. The van der Waals surface area contributed by atoms with Gasteiger partial charge in [0.1, 0.15) is 6.04 Å². The molecule has 1 fully saturated rings. The maximum absolute atomic E-state index is 11.7. The summed E-state index contributed by atoms with van der Waals surface area (Å²) in [6, 6.07) is 0.207. The maximum Gasteiger partial charge on any atom is 0.238 e. The number of hydrogen-bond acceptors (Lipinski definition) is 4. The third kappa shape index (κ3) is 3.43. The Morgan fingerprint density at radius 1 is 1.69 bits per heavy atom. The number of ether oxygens (including phenoxy) is 1. The number of hydrogen-bond donors (Lipinski definition) is 2. The van der Waals surface area contributed by atoms with Gasteiger partial charge in [0.25, 0.3) is 0 Å². The lowest BCUT2D eigenvalue weighted by molar-refractivity contribution is -0.128. The molecule has 1 amide bonds. The fourth-order valence-electron chi connectivity index (χ4n) is 2.04. The molecule has 94 valence electrons. The van der Waals surface area contributed by atoms with Gasteiger partial charge < -0.3 is 15.4 Å². The molecule has 0 aromatic rings. The first kappa shape index (κ1) is 13.4. The van der Waals surface area contributed by atoms with Crippen LogP contribution >= 0.6 is 0 Å². The van der Waals surface area contributed by atoms with E-state index in [1.165, 1.54) is 0 Å². The predicted molar refractivity (Wildman–Crippen MR) is 63.4 cm³/mol. The molecule has 2 N–H and O–H groups in total. The minimum absolute atomic E-state index is 0.0748. The van der Waals surface area contributed by atoms with Crippen LogP contribution in [-0.2, 0) is 9.53 Å². The minimum Gasteiger partial charge on any atom is -0.380 e. The Hall–Kier alpha value is -0.650. The number of amides is 1. The molecule has 0 radical (unpaired) electrons. The van der Waals surface area contributed by atoms with Crippen molar-refractivity contribution in [2.24, 2.45) is 0 Å². The van der Waals surface area contributed by atoms with Gasteiger partial charge in [0, 0.05) is 39.3 Å². The molecule has 2 unspecified atom stereocenters. The van der Waals surface area contributed by atoms with Crippen molar-refractivity contribution < 1.29 is 9.53 Å². The molecule has 2 atom stereocenters. The molecule has 5 heteroatoms. The van der Waals surface area contributed by atoms with Gasteiger partial charge in [0.15, 0.2) is 0 Å². The standard InChI is InChI=1S/C11H23N3O2/c1-4-16-8-9(2)14-6-5-13-7-10(14)11(15)12-3/h9-10,13H,4-8H2,1-3H3,(H,12,15). The van der Waals surface area contributed by atoms with Crippen molar-refractivity contribution in [1.29, 1.82) is 0 Å². The third-order valence-corrected chi connectivity index (χ3v) is 2.96. The molecule has 0 bridgehead atoms. The van der Waals surface area contributed by atoms with E-state index in [-0.39, 0.29) is 18.0 Å². The Balaban J connectivity index is 2.55. The van der Waals surface area contributed by atoms with E-state index in [1.54, 1.807) is 7.05 Å². The average Bonchev–Trinajstić information content (AvgIpc) is 2.35. The van der Waals surface area contributed by atoms with Gasteiger partial charge in [0.05, 0.1) is 6.61 Å². The number of likely N-dealkylation sites (N-methyl/N-ethyl adjacent to an activating group) is 1. The molecule has 0 aromatic carbocycles. The summed E-state index contributed by atoms with van der Waals surface area (Å²) < 4.78 is 5.42. The lowest BCUT2D eigenvalue weighted by Gasteiger charge is -2.38. The first-order valence-corrected chi connectivity index (χ1v) is 5.96. The summed E-state index contributed by atoms with van der Waals surface area (Å²) in [5.74, 6) is 0.0792. The SMILES string of the molecule is CCOCC(C)N1CCNCC1C(=O)NC. The summed E-state index contributed by atoms with van der Waals surface area (Å²) in [5.41, 5.74) is 0. The molecule has 1 aliphatic heterocycles. The lowest BCUT2D eigenvalue weighted by atomic mass is 10.1. The molecular weight excluding hydrogens is 206 g/mol. The van der Waals surface area contributed by atoms with Gasteiger partial charge in [-0.15, -0.1) is 0 Å². The summed E-state index contributed by atoms with van der Waals surface area (Å²) in [6.45, 7) is 8.05. The number of piperazine rings is 1. The highest BCUT2D eigenvalue weighted by Crippen LogP contribution is 2.09. The van der Waals surface area contributed by atoms with Crippen LogP contribution < -0.4 is 10.6 Å². The number of carbonyl (C=O) groups is 1. The first-order valence-electron chi connectivity index (χ1n) is 5.96. The van der Waals surface area contributed by atoms with Gasteiger partial charge in [-0.05, 0) is 13.8 Å². The maximum atomic E-state index is 11.7. The van der Waals surface area contributed by atoms with E-state index in [0.29, 0.717) is 6.61 Å². The lowest BCUT2D eigenvalue weighted by Crippen LogP contribution is -2.60. The monoisotopic (exact) mass is 229 g/mol. The van der Waals surface area contributed by atoms with Crippen LogP contribution in [0.25, 0.3) is 0 Å². The van der Waals surface area contributed by atoms with E-state index in [0.717, 1.165) is 26.2 Å². The molecule has 0 spiro atoms. The smallest absolute Gasteiger partial charge is 0.238 e. The molecule has 1 saturated heterocycles. The van der Waals surface area contributed by atoms with E-state index in [2.05, 4.69) is 22.5 Å². The summed E-state index contributed by atoms with van der Waals surface area (Å²) in [7, 11) is 1.68. The second-order valence-corrected chi connectivity index (χ2v) is 4.08. The van der Waals surface area contributed by atoms with Gasteiger partial charge >= 0.3 is 0 Å². The van der Waals surface area contributed by atoms with Crippen molar-refractivity contribution in [3.8, 4) is 0 Å². The quantitative estimate of drug-likeness (QED) is 0.663. The van der Waals surface area contributed by atoms with Crippen LogP contribution in [0, 0.1) is 0 Å². The van der Waals surface area contributed by atoms with Crippen LogP contribution in [0.2, 0.25) is 0 Å². The highest BCUT2D eigenvalue weighted by molar-refractivity contribution is 5.81. The molecule has 0 aromatic heterocycles.